The van der Waals surface area contributed by atoms with Gasteiger partial charge in [0.05, 0.1) is 0 Å². The third kappa shape index (κ3) is 5.51. The van der Waals surface area contributed by atoms with Crippen LogP contribution in [0.2, 0.25) is 0 Å². The van der Waals surface area contributed by atoms with Crippen molar-refractivity contribution in [1.29, 1.82) is 5.26 Å². The van der Waals surface area contributed by atoms with E-state index in [2.05, 4.69) is 12.2 Å². The van der Waals surface area contributed by atoms with Gasteiger partial charge in [0, 0.05) is 11.8 Å². The predicted octanol–water partition coefficient (Wildman–Crippen LogP) is 1.20. The quantitative estimate of drug-likeness (QED) is 0.475. The molecule has 3 heteroatoms. The lowest BCUT2D eigenvalue weighted by Crippen LogP contribution is -2.23. The van der Waals surface area contributed by atoms with Crippen LogP contribution in [0.25, 0.3) is 0 Å². The van der Waals surface area contributed by atoms with E-state index in [9.17, 15) is 0 Å². The molecule has 0 saturated heterocycles. The molecule has 0 heterocycles. The van der Waals surface area contributed by atoms with Crippen LogP contribution < -0.4 is 5.32 Å². The largest absolute Gasteiger partial charge is 0.320 e. The zero-order chi connectivity index (χ0) is 7.11. The Kier molecular flexibility index (Phi) is 5.54. The zero-order valence-electron chi connectivity index (χ0n) is 5.85. The minimum Gasteiger partial charge on any atom is -0.320 e. The summed E-state index contributed by atoms with van der Waals surface area (Å²) < 4.78 is 0. The molecular formula is C6H12N2S. The molecule has 0 rings (SSSR count). The highest BCUT2D eigenvalue weighted by Crippen LogP contribution is 1.99. The minimum atomic E-state index is 0.319. The molecule has 0 aromatic heterocycles. The normalized spacial score (nSPS) is 12.1. The van der Waals surface area contributed by atoms with Gasteiger partial charge in [0.2, 0.25) is 0 Å². The molecule has 0 aliphatic rings. The molecule has 1 atom stereocenters. The van der Waals surface area contributed by atoms with Gasteiger partial charge in [-0.15, -0.1) is 0 Å². The first-order valence-electron chi connectivity index (χ1n) is 3.03. The molecule has 0 spiro atoms. The van der Waals surface area contributed by atoms with E-state index in [4.69, 9.17) is 5.26 Å². The van der Waals surface area contributed by atoms with Crippen molar-refractivity contribution in [2.24, 2.45) is 0 Å². The summed E-state index contributed by atoms with van der Waals surface area (Å²) in [4.78, 5) is 0. The summed E-state index contributed by atoms with van der Waals surface area (Å²) in [7, 11) is 0. The Morgan fingerprint density at radius 2 is 2.44 bits per heavy atom. The number of thioether (sulfide) groups is 1. The Bertz CT molecular complexity index is 97.7. The molecule has 0 radical (unpaired) electrons. The van der Waals surface area contributed by atoms with E-state index in [1.807, 2.05) is 24.9 Å². The van der Waals surface area contributed by atoms with Crippen molar-refractivity contribution in [2.45, 2.75) is 19.9 Å². The number of nitrogens with one attached hydrogen (secondary N) is 1. The summed E-state index contributed by atoms with van der Waals surface area (Å²) in [5.41, 5.74) is 0. The van der Waals surface area contributed by atoms with E-state index < -0.39 is 0 Å². The second kappa shape index (κ2) is 5.77. The number of nitrogens with zero attached hydrogens (tertiary/aromatic N) is 1. The maximum Gasteiger partial charge on any atom is 0.176 e. The van der Waals surface area contributed by atoms with Gasteiger partial charge in [0.25, 0.3) is 0 Å². The molecule has 0 fully saturated rings. The highest BCUT2D eigenvalue weighted by atomic mass is 32.2. The Balaban J connectivity index is 3.08. The molecule has 0 aromatic rings. The minimum absolute atomic E-state index is 0.319. The Morgan fingerprint density at radius 1 is 1.78 bits per heavy atom. The summed E-state index contributed by atoms with van der Waals surface area (Å²) in [5.74, 6) is 2.14. The van der Waals surface area contributed by atoms with E-state index in [0.29, 0.717) is 6.04 Å². The van der Waals surface area contributed by atoms with Crippen LogP contribution in [0.1, 0.15) is 13.8 Å². The topological polar surface area (TPSA) is 35.8 Å². The second-order valence-corrected chi connectivity index (χ2v) is 3.14. The van der Waals surface area contributed by atoms with Crippen LogP contribution in [-0.4, -0.2) is 17.5 Å². The summed E-state index contributed by atoms with van der Waals surface area (Å²) in [6.07, 6.45) is 1.91. The molecular weight excluding hydrogens is 132 g/mol. The third-order valence-electron chi connectivity index (χ3n) is 0.883. The fourth-order valence-corrected chi connectivity index (χ4v) is 1.12. The van der Waals surface area contributed by atoms with E-state index in [-0.39, 0.29) is 0 Å². The van der Waals surface area contributed by atoms with Crippen molar-refractivity contribution in [3.8, 4) is 6.19 Å². The van der Waals surface area contributed by atoms with Gasteiger partial charge in [-0.3, -0.25) is 0 Å². The first-order chi connectivity index (χ1) is 4.31. The molecule has 0 saturated carbocycles. The third-order valence-corrected chi connectivity index (χ3v) is 2.03. The van der Waals surface area contributed by atoms with Crippen molar-refractivity contribution < 1.29 is 0 Å². The predicted molar refractivity (Wildman–Crippen MR) is 41.2 cm³/mol. The van der Waals surface area contributed by atoms with Gasteiger partial charge >= 0.3 is 0 Å². The molecule has 9 heavy (non-hydrogen) atoms. The van der Waals surface area contributed by atoms with E-state index in [0.717, 1.165) is 11.5 Å². The van der Waals surface area contributed by atoms with Crippen LogP contribution in [0.3, 0.4) is 0 Å². The van der Waals surface area contributed by atoms with Crippen LogP contribution in [0, 0.1) is 11.5 Å². The lowest BCUT2D eigenvalue weighted by Gasteiger charge is -2.05. The van der Waals surface area contributed by atoms with Gasteiger partial charge in [0.1, 0.15) is 0 Å². The molecule has 0 aliphatic heterocycles. The first kappa shape index (κ1) is 8.64. The molecule has 0 aliphatic carbocycles. The van der Waals surface area contributed by atoms with Crippen molar-refractivity contribution >= 4 is 11.8 Å². The highest BCUT2D eigenvalue weighted by molar-refractivity contribution is 7.99. The van der Waals surface area contributed by atoms with Gasteiger partial charge in [-0.1, -0.05) is 6.92 Å². The maximum absolute atomic E-state index is 8.17. The lowest BCUT2D eigenvalue weighted by atomic mass is 10.4. The Labute approximate surface area is 60.6 Å². The fraction of sp³-hybridized carbons (Fsp3) is 0.833. The number of hydrogen-bond acceptors (Lipinski definition) is 3. The zero-order valence-corrected chi connectivity index (χ0v) is 6.66. The van der Waals surface area contributed by atoms with E-state index >= 15 is 0 Å². The average molecular weight is 144 g/mol. The van der Waals surface area contributed by atoms with Crippen LogP contribution in [0.5, 0.6) is 0 Å². The molecule has 1 unspecified atom stereocenters. The number of rotatable bonds is 4. The number of hydrogen-bond donors (Lipinski definition) is 1. The molecule has 52 valence electrons. The molecule has 0 amide bonds. The highest BCUT2D eigenvalue weighted by Gasteiger charge is 1.96. The average Bonchev–Trinajstić information content (AvgIpc) is 1.85. The summed E-state index contributed by atoms with van der Waals surface area (Å²) in [5, 5.41) is 10.8. The van der Waals surface area contributed by atoms with Crippen LogP contribution in [0.4, 0.5) is 0 Å². The van der Waals surface area contributed by atoms with Crippen LogP contribution >= 0.6 is 11.8 Å². The SMILES string of the molecule is CCSCC(C)NC#N. The smallest absolute Gasteiger partial charge is 0.176 e. The monoisotopic (exact) mass is 144 g/mol. The van der Waals surface area contributed by atoms with E-state index in [1.165, 1.54) is 0 Å². The van der Waals surface area contributed by atoms with Gasteiger partial charge in [-0.25, -0.2) is 0 Å². The Hall–Kier alpha value is -0.360. The van der Waals surface area contributed by atoms with Crippen molar-refractivity contribution in [3.05, 3.63) is 0 Å². The summed E-state index contributed by atoms with van der Waals surface area (Å²) in [6.45, 7) is 4.12. The summed E-state index contributed by atoms with van der Waals surface area (Å²) in [6, 6.07) is 0.319. The van der Waals surface area contributed by atoms with Gasteiger partial charge in [0.15, 0.2) is 6.19 Å². The second-order valence-electron chi connectivity index (χ2n) is 1.82. The molecule has 0 aromatic carbocycles. The van der Waals surface area contributed by atoms with Gasteiger partial charge in [-0.05, 0) is 12.7 Å². The number of nitriles is 1. The fourth-order valence-electron chi connectivity index (χ4n) is 0.446. The van der Waals surface area contributed by atoms with Crippen molar-refractivity contribution in [2.75, 3.05) is 11.5 Å². The van der Waals surface area contributed by atoms with Crippen LogP contribution in [0.15, 0.2) is 0 Å². The molecule has 1 N–H and O–H groups in total. The Morgan fingerprint density at radius 3 is 2.89 bits per heavy atom. The van der Waals surface area contributed by atoms with Crippen LogP contribution in [-0.2, 0) is 0 Å². The van der Waals surface area contributed by atoms with Crippen molar-refractivity contribution in [3.63, 3.8) is 0 Å². The standard InChI is InChI=1S/C6H12N2S/c1-3-9-4-6(2)8-5-7/h6,8H,3-4H2,1-2H3. The molecule has 2 nitrogen and oxygen atoms in total. The molecule has 0 bridgehead atoms. The van der Waals surface area contributed by atoms with Gasteiger partial charge in [-0.2, -0.15) is 17.0 Å². The lowest BCUT2D eigenvalue weighted by molar-refractivity contribution is 0.724. The van der Waals surface area contributed by atoms with Gasteiger partial charge < -0.3 is 5.32 Å². The van der Waals surface area contributed by atoms with Crippen molar-refractivity contribution in [1.82, 2.24) is 5.32 Å². The van der Waals surface area contributed by atoms with E-state index in [1.54, 1.807) is 0 Å². The summed E-state index contributed by atoms with van der Waals surface area (Å²) >= 11 is 1.84. The first-order valence-corrected chi connectivity index (χ1v) is 4.19. The maximum atomic E-state index is 8.17.